The molecule has 0 aliphatic heterocycles. The number of fused-ring (bicyclic) bond motifs is 1. The van der Waals surface area contributed by atoms with Gasteiger partial charge in [0, 0.05) is 17.0 Å². The maximum atomic E-state index is 12.4. The summed E-state index contributed by atoms with van der Waals surface area (Å²) < 4.78 is 54.1. The highest BCUT2D eigenvalue weighted by Crippen LogP contribution is 2.29. The molecule has 0 saturated heterocycles. The van der Waals surface area contributed by atoms with Crippen molar-refractivity contribution in [1.82, 2.24) is 4.13 Å². The number of nitrogens with one attached hydrogen (secondary N) is 1. The van der Waals surface area contributed by atoms with Gasteiger partial charge in [0.15, 0.2) is 0 Å². The van der Waals surface area contributed by atoms with E-state index < -0.39 is 26.0 Å². The first kappa shape index (κ1) is 18.1. The van der Waals surface area contributed by atoms with Gasteiger partial charge in [0.05, 0.1) is 11.2 Å². The average Bonchev–Trinajstić information content (AvgIpc) is 2.43. The molecule has 2 aromatic carbocycles. The molecule has 2 aromatic rings. The third-order valence-corrected chi connectivity index (χ3v) is 5.91. The summed E-state index contributed by atoms with van der Waals surface area (Å²) in [7, 11) is -8.38. The molecule has 7 nitrogen and oxygen atoms in total. The Morgan fingerprint density at radius 3 is 2.33 bits per heavy atom. The molecule has 0 bridgehead atoms. The third-order valence-electron chi connectivity index (χ3n) is 2.91. The van der Waals surface area contributed by atoms with Crippen LogP contribution in [0.2, 0.25) is 0 Å². The predicted molar refractivity (Wildman–Crippen MR) is 89.6 cm³/mol. The molecule has 0 aromatic heterocycles. The summed E-state index contributed by atoms with van der Waals surface area (Å²) in [6.45, 7) is 4.90. The van der Waals surface area contributed by atoms with E-state index in [2.05, 4.69) is 6.58 Å². The van der Waals surface area contributed by atoms with Gasteiger partial charge in [0.1, 0.15) is 5.75 Å². The number of hydrogen-bond donors (Lipinski definition) is 1. The van der Waals surface area contributed by atoms with Gasteiger partial charge < -0.3 is 4.74 Å². The Hall–Kier alpha value is -2.23. The van der Waals surface area contributed by atoms with E-state index in [0.29, 0.717) is 10.8 Å². The summed E-state index contributed by atoms with van der Waals surface area (Å²) in [5, 5.41) is 0.766. The van der Waals surface area contributed by atoms with Crippen LogP contribution in [0.1, 0.15) is 6.92 Å². The fourth-order valence-corrected chi connectivity index (χ4v) is 4.67. The molecule has 0 saturated carbocycles. The first-order chi connectivity index (χ1) is 11.0. The zero-order valence-electron chi connectivity index (χ0n) is 12.9. The van der Waals surface area contributed by atoms with Crippen LogP contribution < -0.4 is 8.86 Å². The van der Waals surface area contributed by atoms with Gasteiger partial charge in [-0.3, -0.25) is 0 Å². The quantitative estimate of drug-likeness (QED) is 0.487. The highest BCUT2D eigenvalue weighted by Gasteiger charge is 2.23. The molecule has 1 N–H and O–H groups in total. The summed E-state index contributed by atoms with van der Waals surface area (Å²) in [4.78, 5) is 11.3. The molecule has 0 aliphatic rings. The van der Waals surface area contributed by atoms with Crippen molar-refractivity contribution in [2.24, 2.45) is 0 Å². The zero-order chi connectivity index (χ0) is 18.1. The summed E-state index contributed by atoms with van der Waals surface area (Å²) >= 11 is 0. The topological polar surface area (TPSA) is 107 Å². The van der Waals surface area contributed by atoms with Crippen molar-refractivity contribution in [2.75, 3.05) is 6.26 Å². The SMILES string of the molecule is C=C(C)C(=O)Oc1cc(S(=O)(=O)NS(C)(=O)=O)c2ccccc2c1. The maximum Gasteiger partial charge on any atom is 0.338 e. The summed E-state index contributed by atoms with van der Waals surface area (Å²) in [5.74, 6) is -0.750. The fourth-order valence-electron chi connectivity index (χ4n) is 1.97. The Labute approximate surface area is 140 Å². The van der Waals surface area contributed by atoms with Crippen LogP contribution in [-0.2, 0) is 24.8 Å². The van der Waals surface area contributed by atoms with Gasteiger partial charge in [-0.15, -0.1) is 4.13 Å². The van der Waals surface area contributed by atoms with Crippen LogP contribution in [0.25, 0.3) is 10.8 Å². The van der Waals surface area contributed by atoms with Crippen molar-refractivity contribution in [3.8, 4) is 5.75 Å². The molecule has 0 heterocycles. The van der Waals surface area contributed by atoms with Crippen molar-refractivity contribution in [2.45, 2.75) is 11.8 Å². The minimum atomic E-state index is -4.37. The number of rotatable bonds is 5. The molecule has 2 rings (SSSR count). The van der Waals surface area contributed by atoms with Gasteiger partial charge in [0.2, 0.25) is 10.0 Å². The number of sulfonamides is 2. The first-order valence-electron chi connectivity index (χ1n) is 6.64. The van der Waals surface area contributed by atoms with Crippen LogP contribution >= 0.6 is 0 Å². The van der Waals surface area contributed by atoms with Crippen LogP contribution in [0.15, 0.2) is 53.4 Å². The summed E-state index contributed by atoms with van der Waals surface area (Å²) in [5.41, 5.74) is 0.141. The first-order valence-corrected chi connectivity index (χ1v) is 10.0. The Balaban J connectivity index is 2.67. The van der Waals surface area contributed by atoms with Gasteiger partial charge in [0.25, 0.3) is 10.0 Å². The van der Waals surface area contributed by atoms with Gasteiger partial charge in [-0.1, -0.05) is 30.8 Å². The number of carbonyl (C=O) groups is 1. The molecule has 0 atom stereocenters. The molecular weight excluding hydrogens is 354 g/mol. The van der Waals surface area contributed by atoms with Gasteiger partial charge in [-0.25, -0.2) is 21.6 Å². The lowest BCUT2D eigenvalue weighted by molar-refractivity contribution is -0.130. The van der Waals surface area contributed by atoms with E-state index in [-0.39, 0.29) is 16.2 Å². The van der Waals surface area contributed by atoms with E-state index in [1.165, 1.54) is 19.1 Å². The minimum absolute atomic E-state index is 0.0319. The zero-order valence-corrected chi connectivity index (χ0v) is 14.6. The largest absolute Gasteiger partial charge is 0.423 e. The highest BCUT2D eigenvalue weighted by atomic mass is 32.3. The molecule has 0 unspecified atom stereocenters. The second-order valence-corrected chi connectivity index (χ2v) is 8.83. The Bertz CT molecular complexity index is 1040. The Morgan fingerprint density at radius 2 is 1.75 bits per heavy atom. The van der Waals surface area contributed by atoms with Gasteiger partial charge >= 0.3 is 5.97 Å². The summed E-state index contributed by atoms with van der Waals surface area (Å²) in [6, 6.07) is 9.00. The lowest BCUT2D eigenvalue weighted by Gasteiger charge is -2.11. The van der Waals surface area contributed by atoms with E-state index in [0.717, 1.165) is 12.3 Å². The molecule has 9 heteroatoms. The number of benzene rings is 2. The second kappa shape index (κ2) is 6.34. The molecule has 0 radical (unpaired) electrons. The minimum Gasteiger partial charge on any atom is -0.423 e. The second-order valence-electron chi connectivity index (χ2n) is 5.17. The predicted octanol–water partition coefficient (Wildman–Crippen LogP) is 1.56. The highest BCUT2D eigenvalue weighted by molar-refractivity contribution is 8.04. The number of hydrogen-bond acceptors (Lipinski definition) is 6. The fraction of sp³-hybridized carbons (Fsp3) is 0.133. The molecular formula is C15H15NO6S2. The average molecular weight is 369 g/mol. The van der Waals surface area contributed by atoms with E-state index in [1.54, 1.807) is 22.3 Å². The van der Waals surface area contributed by atoms with Crippen LogP contribution in [0.3, 0.4) is 0 Å². The lowest BCUT2D eigenvalue weighted by atomic mass is 10.1. The third kappa shape index (κ3) is 4.19. The smallest absolute Gasteiger partial charge is 0.338 e. The molecule has 0 aliphatic carbocycles. The van der Waals surface area contributed by atoms with Crippen LogP contribution in [0, 0.1) is 0 Å². The normalized spacial score (nSPS) is 12.1. The van der Waals surface area contributed by atoms with Crippen molar-refractivity contribution >= 4 is 36.8 Å². The van der Waals surface area contributed by atoms with Crippen molar-refractivity contribution in [1.29, 1.82) is 0 Å². The number of ether oxygens (including phenoxy) is 1. The standard InChI is InChI=1S/C15H15NO6S2/c1-10(2)15(17)22-12-8-11-6-4-5-7-13(11)14(9-12)24(20,21)16-23(3,18)19/h4-9,16H,1H2,2-3H3. The number of carbonyl (C=O) groups excluding carboxylic acids is 1. The molecule has 0 spiro atoms. The monoisotopic (exact) mass is 369 g/mol. The van der Waals surface area contributed by atoms with E-state index in [4.69, 9.17) is 4.74 Å². The molecule has 0 amide bonds. The van der Waals surface area contributed by atoms with E-state index in [1.807, 2.05) is 0 Å². The lowest BCUT2D eigenvalue weighted by Crippen LogP contribution is -2.29. The maximum absolute atomic E-state index is 12.4. The van der Waals surface area contributed by atoms with Crippen LogP contribution in [0.5, 0.6) is 5.75 Å². The number of esters is 1. The van der Waals surface area contributed by atoms with Crippen molar-refractivity contribution in [3.05, 3.63) is 48.6 Å². The van der Waals surface area contributed by atoms with Crippen LogP contribution in [-0.4, -0.2) is 29.1 Å². The van der Waals surface area contributed by atoms with Crippen LogP contribution in [0.4, 0.5) is 0 Å². The summed E-state index contributed by atoms with van der Waals surface area (Å²) in [6.07, 6.45) is 0.734. The van der Waals surface area contributed by atoms with E-state index >= 15 is 0 Å². The molecule has 24 heavy (non-hydrogen) atoms. The molecule has 128 valence electrons. The van der Waals surface area contributed by atoms with Gasteiger partial charge in [-0.05, 0) is 18.4 Å². The van der Waals surface area contributed by atoms with Crippen molar-refractivity contribution < 1.29 is 26.4 Å². The Kier molecular flexibility index (Phi) is 4.79. The van der Waals surface area contributed by atoms with Gasteiger partial charge in [-0.2, -0.15) is 0 Å². The molecule has 0 fully saturated rings. The van der Waals surface area contributed by atoms with Crippen molar-refractivity contribution in [3.63, 3.8) is 0 Å². The van der Waals surface area contributed by atoms with E-state index in [9.17, 15) is 21.6 Å². The Morgan fingerprint density at radius 1 is 1.12 bits per heavy atom.